The number of piperazine rings is 1. The van der Waals surface area contributed by atoms with Crippen LogP contribution in [0.4, 0.5) is 4.79 Å². The van der Waals surface area contributed by atoms with Crippen molar-refractivity contribution >= 4 is 6.09 Å². The van der Waals surface area contributed by atoms with Crippen LogP contribution in [0.1, 0.15) is 27.2 Å². The average Bonchev–Trinajstić information content (AvgIpc) is 2.59. The van der Waals surface area contributed by atoms with E-state index in [1.54, 1.807) is 0 Å². The lowest BCUT2D eigenvalue weighted by Crippen LogP contribution is -2.48. The van der Waals surface area contributed by atoms with Crippen LogP contribution < -0.4 is 5.32 Å². The molecule has 4 nitrogen and oxygen atoms in total. The lowest BCUT2D eigenvalue weighted by molar-refractivity contribution is 0.0204. The van der Waals surface area contributed by atoms with Crippen LogP contribution in [0, 0.1) is 0 Å². The number of amides is 1. The number of ether oxygens (including phenoxy) is 1. The van der Waals surface area contributed by atoms with E-state index in [4.69, 9.17) is 4.74 Å². The predicted octanol–water partition coefficient (Wildman–Crippen LogP) is 0.968. The van der Waals surface area contributed by atoms with Crippen molar-refractivity contribution in [1.82, 2.24) is 10.2 Å². The molecule has 1 unspecified atom stereocenters. The Morgan fingerprint density at radius 1 is 1.50 bits per heavy atom. The maximum Gasteiger partial charge on any atom is 0.410 e. The van der Waals surface area contributed by atoms with Crippen molar-refractivity contribution in [3.63, 3.8) is 0 Å². The highest BCUT2D eigenvalue weighted by molar-refractivity contribution is 5.69. The number of carbonyl (C=O) groups excluding carboxylic acids is 1. The standard InChI is InChI=1S/C10H18N2O2/c1-10(2,3)14-9(13)12-6-7-4-8(12)5-11-7/h7-8,11H,4-6H2,1-3H3/t7-,8?/m1/s1. The third-order valence-corrected chi connectivity index (χ3v) is 2.68. The monoisotopic (exact) mass is 198 g/mol. The van der Waals surface area contributed by atoms with E-state index in [9.17, 15) is 4.79 Å². The van der Waals surface area contributed by atoms with Gasteiger partial charge in [-0.15, -0.1) is 0 Å². The summed E-state index contributed by atoms with van der Waals surface area (Å²) in [5.74, 6) is 0. The van der Waals surface area contributed by atoms with Gasteiger partial charge in [0.05, 0.1) is 0 Å². The maximum atomic E-state index is 11.7. The van der Waals surface area contributed by atoms with Crippen LogP contribution in [0.3, 0.4) is 0 Å². The number of hydrogen-bond acceptors (Lipinski definition) is 3. The molecule has 0 aromatic carbocycles. The summed E-state index contributed by atoms with van der Waals surface area (Å²) in [7, 11) is 0. The van der Waals surface area contributed by atoms with E-state index in [1.807, 2.05) is 25.7 Å². The molecule has 0 aliphatic carbocycles. The first-order valence-corrected chi connectivity index (χ1v) is 5.19. The highest BCUT2D eigenvalue weighted by Crippen LogP contribution is 2.25. The molecule has 14 heavy (non-hydrogen) atoms. The van der Waals surface area contributed by atoms with E-state index < -0.39 is 0 Å². The number of hydrogen-bond donors (Lipinski definition) is 1. The van der Waals surface area contributed by atoms with Crippen LogP contribution in [-0.2, 0) is 4.74 Å². The fourth-order valence-electron chi connectivity index (χ4n) is 2.10. The Balaban J connectivity index is 1.93. The summed E-state index contributed by atoms with van der Waals surface area (Å²) in [4.78, 5) is 13.6. The molecule has 4 heteroatoms. The topological polar surface area (TPSA) is 41.6 Å². The van der Waals surface area contributed by atoms with Crippen LogP contribution in [0.25, 0.3) is 0 Å². The van der Waals surface area contributed by atoms with Gasteiger partial charge in [-0.25, -0.2) is 4.79 Å². The number of rotatable bonds is 0. The van der Waals surface area contributed by atoms with E-state index in [1.165, 1.54) is 0 Å². The predicted molar refractivity (Wildman–Crippen MR) is 53.1 cm³/mol. The third kappa shape index (κ3) is 1.85. The molecule has 0 spiro atoms. The summed E-state index contributed by atoms with van der Waals surface area (Å²) in [5, 5.41) is 3.35. The summed E-state index contributed by atoms with van der Waals surface area (Å²) in [6.07, 6.45) is 0.922. The molecule has 2 aliphatic rings. The molecule has 2 atom stereocenters. The average molecular weight is 198 g/mol. The number of likely N-dealkylation sites (tertiary alicyclic amines) is 1. The minimum atomic E-state index is -0.383. The Labute approximate surface area is 84.6 Å². The molecule has 1 N–H and O–H groups in total. The zero-order valence-electron chi connectivity index (χ0n) is 9.04. The molecule has 80 valence electrons. The normalized spacial score (nSPS) is 30.9. The smallest absolute Gasteiger partial charge is 0.410 e. The number of carbonyl (C=O) groups is 1. The van der Waals surface area contributed by atoms with Crippen LogP contribution in [0.5, 0.6) is 0 Å². The van der Waals surface area contributed by atoms with Crippen molar-refractivity contribution in [2.24, 2.45) is 0 Å². The van der Waals surface area contributed by atoms with E-state index in [-0.39, 0.29) is 11.7 Å². The van der Waals surface area contributed by atoms with Crippen molar-refractivity contribution in [1.29, 1.82) is 0 Å². The van der Waals surface area contributed by atoms with Crippen LogP contribution in [0.15, 0.2) is 0 Å². The second-order valence-electron chi connectivity index (χ2n) is 5.13. The van der Waals surface area contributed by atoms with Gasteiger partial charge in [-0.1, -0.05) is 0 Å². The van der Waals surface area contributed by atoms with Gasteiger partial charge in [0.25, 0.3) is 0 Å². The molecular weight excluding hydrogens is 180 g/mol. The summed E-state index contributed by atoms with van der Waals surface area (Å²) in [6, 6.07) is 0.849. The largest absolute Gasteiger partial charge is 0.444 e. The molecule has 0 saturated carbocycles. The van der Waals surface area contributed by atoms with Gasteiger partial charge in [0.15, 0.2) is 0 Å². The maximum absolute atomic E-state index is 11.7. The first-order valence-electron chi connectivity index (χ1n) is 5.19. The second-order valence-corrected chi connectivity index (χ2v) is 5.13. The lowest BCUT2D eigenvalue weighted by atomic mass is 10.2. The highest BCUT2D eigenvalue weighted by Gasteiger charge is 2.41. The fraction of sp³-hybridized carbons (Fsp3) is 0.900. The first kappa shape index (κ1) is 9.77. The van der Waals surface area contributed by atoms with Gasteiger partial charge >= 0.3 is 6.09 Å². The number of nitrogens with zero attached hydrogens (tertiary/aromatic N) is 1. The molecule has 2 aliphatic heterocycles. The molecule has 0 aromatic rings. The van der Waals surface area contributed by atoms with Gasteiger partial charge < -0.3 is 15.0 Å². The lowest BCUT2D eigenvalue weighted by Gasteiger charge is -2.30. The molecule has 2 rings (SSSR count). The fourth-order valence-corrected chi connectivity index (χ4v) is 2.10. The van der Waals surface area contributed by atoms with Gasteiger partial charge in [-0.3, -0.25) is 0 Å². The zero-order chi connectivity index (χ0) is 10.3. The molecular formula is C10H18N2O2. The molecule has 2 bridgehead atoms. The van der Waals surface area contributed by atoms with E-state index >= 15 is 0 Å². The van der Waals surface area contributed by atoms with Crippen molar-refractivity contribution in [2.75, 3.05) is 13.1 Å². The SMILES string of the molecule is CC(C)(C)OC(=O)N1C[C@H]2CC1CN2. The van der Waals surface area contributed by atoms with E-state index in [0.29, 0.717) is 12.1 Å². The summed E-state index contributed by atoms with van der Waals surface area (Å²) in [5.41, 5.74) is -0.383. The highest BCUT2D eigenvalue weighted by atomic mass is 16.6. The second kappa shape index (κ2) is 3.12. The molecule has 2 fully saturated rings. The zero-order valence-corrected chi connectivity index (χ0v) is 9.04. The minimum Gasteiger partial charge on any atom is -0.444 e. The third-order valence-electron chi connectivity index (χ3n) is 2.68. The Kier molecular flexibility index (Phi) is 2.18. The molecule has 2 saturated heterocycles. The van der Waals surface area contributed by atoms with Crippen molar-refractivity contribution in [3.05, 3.63) is 0 Å². The summed E-state index contributed by atoms with van der Waals surface area (Å²) < 4.78 is 5.33. The van der Waals surface area contributed by atoms with Gasteiger partial charge in [0.1, 0.15) is 5.60 Å². The van der Waals surface area contributed by atoms with Crippen LogP contribution >= 0.6 is 0 Å². The first-order chi connectivity index (χ1) is 6.46. The summed E-state index contributed by atoms with van der Waals surface area (Å²) in [6.45, 7) is 7.43. The van der Waals surface area contributed by atoms with Crippen LogP contribution in [0.2, 0.25) is 0 Å². The van der Waals surface area contributed by atoms with Crippen LogP contribution in [-0.4, -0.2) is 41.8 Å². The quantitative estimate of drug-likeness (QED) is 0.630. The number of nitrogens with one attached hydrogen (secondary N) is 1. The minimum absolute atomic E-state index is 0.161. The molecule has 0 radical (unpaired) electrons. The van der Waals surface area contributed by atoms with E-state index in [2.05, 4.69) is 5.32 Å². The molecule has 2 heterocycles. The Hall–Kier alpha value is -0.770. The van der Waals surface area contributed by atoms with Crippen molar-refractivity contribution < 1.29 is 9.53 Å². The van der Waals surface area contributed by atoms with Crippen molar-refractivity contribution in [3.8, 4) is 0 Å². The Morgan fingerprint density at radius 2 is 2.21 bits per heavy atom. The Bertz CT molecular complexity index is 247. The van der Waals surface area contributed by atoms with E-state index in [0.717, 1.165) is 19.5 Å². The van der Waals surface area contributed by atoms with Gasteiger partial charge in [0, 0.05) is 25.2 Å². The van der Waals surface area contributed by atoms with Gasteiger partial charge in [-0.05, 0) is 27.2 Å². The van der Waals surface area contributed by atoms with Gasteiger partial charge in [-0.2, -0.15) is 0 Å². The molecule has 0 aromatic heterocycles. The van der Waals surface area contributed by atoms with Crippen molar-refractivity contribution in [2.45, 2.75) is 44.9 Å². The molecule has 1 amide bonds. The number of fused-ring (bicyclic) bond motifs is 2. The Morgan fingerprint density at radius 3 is 2.64 bits per heavy atom. The summed E-state index contributed by atoms with van der Waals surface area (Å²) >= 11 is 0. The van der Waals surface area contributed by atoms with Gasteiger partial charge in [0.2, 0.25) is 0 Å².